The van der Waals surface area contributed by atoms with E-state index in [2.05, 4.69) is 0 Å². The van der Waals surface area contributed by atoms with E-state index in [4.69, 9.17) is 9.84 Å². The van der Waals surface area contributed by atoms with E-state index in [1.807, 2.05) is 0 Å². The molecule has 2 nitrogen and oxygen atoms in total. The van der Waals surface area contributed by atoms with E-state index in [9.17, 15) is 4.39 Å². The molecule has 1 unspecified atom stereocenters. The Bertz CT molecular complexity index is 304. The third kappa shape index (κ3) is 1.79. The molecule has 3 heteroatoms. The van der Waals surface area contributed by atoms with Gasteiger partial charge in [-0.05, 0) is 30.5 Å². The number of benzene rings is 1. The smallest absolute Gasteiger partial charge is 0.123 e. The summed E-state index contributed by atoms with van der Waals surface area (Å²) in [5.41, 5.74) is 0.767. The molecular formula is C11H13FO2. The van der Waals surface area contributed by atoms with Crippen LogP contribution in [-0.2, 0) is 10.3 Å². The van der Waals surface area contributed by atoms with Crippen molar-refractivity contribution in [2.24, 2.45) is 0 Å². The number of halogens is 1. The van der Waals surface area contributed by atoms with Crippen LogP contribution in [0.25, 0.3) is 0 Å². The molecule has 1 aromatic carbocycles. The third-order valence-corrected chi connectivity index (χ3v) is 2.60. The van der Waals surface area contributed by atoms with Crippen LogP contribution in [0.15, 0.2) is 24.3 Å². The highest BCUT2D eigenvalue weighted by Crippen LogP contribution is 2.42. The minimum absolute atomic E-state index is 0.173. The summed E-state index contributed by atoms with van der Waals surface area (Å²) >= 11 is 0. The van der Waals surface area contributed by atoms with Gasteiger partial charge >= 0.3 is 0 Å². The second-order valence-corrected chi connectivity index (χ2v) is 3.62. The summed E-state index contributed by atoms with van der Waals surface area (Å²) < 4.78 is 18.1. The molecule has 0 amide bonds. The Hall–Kier alpha value is -0.930. The first kappa shape index (κ1) is 9.62. The van der Waals surface area contributed by atoms with Crippen LogP contribution in [0.4, 0.5) is 4.39 Å². The fourth-order valence-electron chi connectivity index (χ4n) is 1.66. The van der Waals surface area contributed by atoms with Crippen molar-refractivity contribution in [3.63, 3.8) is 0 Å². The van der Waals surface area contributed by atoms with Gasteiger partial charge in [-0.3, -0.25) is 0 Å². The van der Waals surface area contributed by atoms with E-state index in [1.54, 1.807) is 12.1 Å². The van der Waals surface area contributed by atoms with Crippen LogP contribution in [0.2, 0.25) is 0 Å². The van der Waals surface area contributed by atoms with Crippen molar-refractivity contribution in [2.45, 2.75) is 18.4 Å². The minimum atomic E-state index is -0.240. The van der Waals surface area contributed by atoms with Gasteiger partial charge in [0.2, 0.25) is 0 Å². The zero-order valence-electron chi connectivity index (χ0n) is 7.87. The van der Waals surface area contributed by atoms with Crippen LogP contribution < -0.4 is 0 Å². The highest BCUT2D eigenvalue weighted by atomic mass is 19.1. The Balaban J connectivity index is 2.10. The number of hydrogen-bond donors (Lipinski definition) is 1. The maximum absolute atomic E-state index is 12.7. The Kier molecular flexibility index (Phi) is 2.52. The predicted octanol–water partition coefficient (Wildman–Crippen LogP) is 1.82. The summed E-state index contributed by atoms with van der Waals surface area (Å²) in [6.07, 6.45) is 1.52. The zero-order valence-corrected chi connectivity index (χ0v) is 7.87. The molecule has 1 N–H and O–H groups in total. The summed E-state index contributed by atoms with van der Waals surface area (Å²) in [6, 6.07) is 6.38. The molecule has 2 rings (SSSR count). The van der Waals surface area contributed by atoms with Gasteiger partial charge in [0, 0.05) is 6.61 Å². The van der Waals surface area contributed by atoms with Gasteiger partial charge in [-0.1, -0.05) is 12.1 Å². The fraction of sp³-hybridized carbons (Fsp3) is 0.455. The highest BCUT2D eigenvalue weighted by Gasteiger charge is 2.45. The van der Waals surface area contributed by atoms with E-state index in [-0.39, 0.29) is 18.0 Å². The second-order valence-electron chi connectivity index (χ2n) is 3.62. The van der Waals surface area contributed by atoms with Gasteiger partial charge in [-0.25, -0.2) is 4.39 Å². The number of aliphatic hydroxyl groups is 1. The van der Waals surface area contributed by atoms with E-state index in [0.29, 0.717) is 6.61 Å². The van der Waals surface area contributed by atoms with Gasteiger partial charge < -0.3 is 9.84 Å². The standard InChI is InChI=1S/C11H13FO2/c12-10-4-2-9(3-5-10)11(8-14-11)6-1-7-13/h2-5,13H,1,6-8H2. The van der Waals surface area contributed by atoms with Crippen LogP contribution in [0.1, 0.15) is 18.4 Å². The summed E-state index contributed by atoms with van der Waals surface area (Å²) in [5.74, 6) is -0.230. The number of hydrogen-bond acceptors (Lipinski definition) is 2. The van der Waals surface area contributed by atoms with Crippen molar-refractivity contribution >= 4 is 0 Å². The molecule has 0 spiro atoms. The van der Waals surface area contributed by atoms with Crippen molar-refractivity contribution in [1.29, 1.82) is 0 Å². The molecule has 1 saturated heterocycles. The molecule has 1 fully saturated rings. The predicted molar refractivity (Wildman–Crippen MR) is 50.3 cm³/mol. The molecule has 0 saturated carbocycles. The number of aliphatic hydroxyl groups excluding tert-OH is 1. The van der Waals surface area contributed by atoms with Crippen molar-refractivity contribution in [3.8, 4) is 0 Å². The lowest BCUT2D eigenvalue weighted by Crippen LogP contribution is -2.09. The summed E-state index contributed by atoms with van der Waals surface area (Å²) in [7, 11) is 0. The fourth-order valence-corrected chi connectivity index (χ4v) is 1.66. The molecule has 1 heterocycles. The van der Waals surface area contributed by atoms with Crippen LogP contribution in [0, 0.1) is 5.82 Å². The van der Waals surface area contributed by atoms with Gasteiger partial charge in [0.25, 0.3) is 0 Å². The van der Waals surface area contributed by atoms with Crippen molar-refractivity contribution in [3.05, 3.63) is 35.6 Å². The van der Waals surface area contributed by atoms with Crippen molar-refractivity contribution in [1.82, 2.24) is 0 Å². The SMILES string of the molecule is OCCCC1(c2ccc(F)cc2)CO1. The lowest BCUT2D eigenvalue weighted by Gasteiger charge is -2.10. The summed E-state index contributed by atoms with van der Waals surface area (Å²) in [4.78, 5) is 0. The topological polar surface area (TPSA) is 32.8 Å². The lowest BCUT2D eigenvalue weighted by molar-refractivity contribution is 0.239. The van der Waals surface area contributed by atoms with Crippen LogP contribution in [0.5, 0.6) is 0 Å². The quantitative estimate of drug-likeness (QED) is 0.745. The molecule has 0 bridgehead atoms. The maximum atomic E-state index is 12.7. The molecule has 14 heavy (non-hydrogen) atoms. The Morgan fingerprint density at radius 3 is 2.50 bits per heavy atom. The summed E-state index contributed by atoms with van der Waals surface area (Å²) in [6.45, 7) is 0.852. The summed E-state index contributed by atoms with van der Waals surface area (Å²) in [5, 5.41) is 8.73. The first-order valence-electron chi connectivity index (χ1n) is 4.78. The number of epoxide rings is 1. The Morgan fingerprint density at radius 2 is 2.00 bits per heavy atom. The molecule has 1 aliphatic heterocycles. The molecule has 1 aliphatic rings. The van der Waals surface area contributed by atoms with E-state index in [0.717, 1.165) is 18.4 Å². The van der Waals surface area contributed by atoms with E-state index in [1.165, 1.54) is 12.1 Å². The van der Waals surface area contributed by atoms with Gasteiger partial charge in [-0.15, -0.1) is 0 Å². The van der Waals surface area contributed by atoms with E-state index >= 15 is 0 Å². The molecule has 0 radical (unpaired) electrons. The Labute approximate surface area is 82.3 Å². The monoisotopic (exact) mass is 196 g/mol. The van der Waals surface area contributed by atoms with Crippen LogP contribution in [-0.4, -0.2) is 18.3 Å². The second kappa shape index (κ2) is 3.67. The lowest BCUT2D eigenvalue weighted by atomic mass is 9.95. The van der Waals surface area contributed by atoms with Gasteiger partial charge in [0.05, 0.1) is 6.61 Å². The van der Waals surface area contributed by atoms with Crippen LogP contribution >= 0.6 is 0 Å². The van der Waals surface area contributed by atoms with Crippen LogP contribution in [0.3, 0.4) is 0 Å². The van der Waals surface area contributed by atoms with Crippen molar-refractivity contribution in [2.75, 3.05) is 13.2 Å². The molecule has 1 aromatic rings. The average molecular weight is 196 g/mol. The van der Waals surface area contributed by atoms with E-state index < -0.39 is 0 Å². The minimum Gasteiger partial charge on any atom is -0.396 e. The number of ether oxygens (including phenoxy) is 1. The molecular weight excluding hydrogens is 183 g/mol. The molecule has 76 valence electrons. The van der Waals surface area contributed by atoms with Gasteiger partial charge in [-0.2, -0.15) is 0 Å². The molecule has 0 aromatic heterocycles. The third-order valence-electron chi connectivity index (χ3n) is 2.60. The first-order valence-corrected chi connectivity index (χ1v) is 4.78. The van der Waals surface area contributed by atoms with Gasteiger partial charge in [0.1, 0.15) is 11.4 Å². The van der Waals surface area contributed by atoms with Crippen molar-refractivity contribution < 1.29 is 14.2 Å². The normalized spacial score (nSPS) is 25.0. The molecule has 1 atom stereocenters. The number of rotatable bonds is 4. The van der Waals surface area contributed by atoms with Gasteiger partial charge in [0.15, 0.2) is 0 Å². The highest BCUT2D eigenvalue weighted by molar-refractivity contribution is 5.27. The zero-order chi connectivity index (χ0) is 10.0. The Morgan fingerprint density at radius 1 is 1.36 bits per heavy atom. The molecule has 0 aliphatic carbocycles. The first-order chi connectivity index (χ1) is 6.77. The largest absolute Gasteiger partial charge is 0.396 e. The maximum Gasteiger partial charge on any atom is 0.123 e. The average Bonchev–Trinajstić information content (AvgIpc) is 2.97.